The van der Waals surface area contributed by atoms with Crippen molar-refractivity contribution in [3.63, 3.8) is 0 Å². The Morgan fingerprint density at radius 3 is 2.43 bits per heavy atom. The number of carbonyl (C=O) groups is 1. The molecule has 2 heterocycles. The summed E-state index contributed by atoms with van der Waals surface area (Å²) in [5.74, 6) is 1.20. The maximum absolute atomic E-state index is 13.3. The summed E-state index contributed by atoms with van der Waals surface area (Å²) < 4.78 is 38.7. The number of nitrogens with one attached hydrogen (secondary N) is 2. The van der Waals surface area contributed by atoms with Crippen molar-refractivity contribution in [1.29, 1.82) is 0 Å². The van der Waals surface area contributed by atoms with Crippen molar-refractivity contribution in [2.24, 2.45) is 11.8 Å². The molecule has 1 fully saturated rings. The van der Waals surface area contributed by atoms with Gasteiger partial charge in [0.2, 0.25) is 15.5 Å². The minimum Gasteiger partial charge on any atom is -0.493 e. The molecule has 10 heteroatoms. The van der Waals surface area contributed by atoms with E-state index in [-0.39, 0.29) is 27.7 Å². The highest BCUT2D eigenvalue weighted by Crippen LogP contribution is 2.28. The maximum Gasteiger partial charge on any atom is 0.256 e. The molecule has 1 saturated heterocycles. The van der Waals surface area contributed by atoms with E-state index in [1.54, 1.807) is 26.4 Å². The topological polar surface area (TPSA) is 118 Å². The largest absolute Gasteiger partial charge is 0.493 e. The number of carbonyl (C=O) groups excluding carboxylic acids is 1. The van der Waals surface area contributed by atoms with Crippen LogP contribution in [0.15, 0.2) is 52.3 Å². The van der Waals surface area contributed by atoms with E-state index < -0.39 is 21.4 Å². The van der Waals surface area contributed by atoms with Crippen LogP contribution in [-0.2, 0) is 16.4 Å². The van der Waals surface area contributed by atoms with E-state index in [1.807, 2.05) is 26.0 Å². The van der Waals surface area contributed by atoms with Gasteiger partial charge < -0.3 is 19.8 Å². The van der Waals surface area contributed by atoms with Gasteiger partial charge in [0.1, 0.15) is 5.56 Å². The predicted molar refractivity (Wildman–Crippen MR) is 142 cm³/mol. The lowest BCUT2D eigenvalue weighted by atomic mass is 9.94. The molecule has 1 aliphatic rings. The van der Waals surface area contributed by atoms with Gasteiger partial charge in [-0.3, -0.25) is 9.59 Å². The summed E-state index contributed by atoms with van der Waals surface area (Å²) in [6, 6.07) is 9.94. The molecule has 37 heavy (non-hydrogen) atoms. The van der Waals surface area contributed by atoms with E-state index in [2.05, 4.69) is 10.3 Å². The highest BCUT2D eigenvalue weighted by molar-refractivity contribution is 7.89. The SMILES string of the molecule is COc1ccc(CCNC(=O)c2c[nH]c3ccc(S(=O)(=O)N4C[C@@H](C)C[C@H](C)C4)cc3c2=O)cc1OC. The Bertz CT molecular complexity index is 1460. The van der Waals surface area contributed by atoms with Crippen molar-refractivity contribution in [2.45, 2.75) is 31.6 Å². The average molecular weight is 528 g/mol. The number of amides is 1. The van der Waals surface area contributed by atoms with Crippen LogP contribution in [0.4, 0.5) is 0 Å². The smallest absolute Gasteiger partial charge is 0.256 e. The number of aromatic amines is 1. The van der Waals surface area contributed by atoms with Crippen LogP contribution in [-0.4, -0.2) is 57.5 Å². The Morgan fingerprint density at radius 1 is 1.05 bits per heavy atom. The number of sulfonamides is 1. The zero-order valence-electron chi connectivity index (χ0n) is 21.5. The molecular weight excluding hydrogens is 494 g/mol. The van der Waals surface area contributed by atoms with Gasteiger partial charge in [0, 0.05) is 36.7 Å². The quantitative estimate of drug-likeness (QED) is 0.465. The first kappa shape index (κ1) is 26.7. The molecule has 0 spiro atoms. The summed E-state index contributed by atoms with van der Waals surface area (Å²) in [7, 11) is -0.648. The molecule has 0 saturated carbocycles. The zero-order valence-corrected chi connectivity index (χ0v) is 22.4. The van der Waals surface area contributed by atoms with E-state index in [0.717, 1.165) is 12.0 Å². The number of ether oxygens (including phenoxy) is 2. The number of pyridine rings is 1. The number of rotatable bonds is 8. The fourth-order valence-electron chi connectivity index (χ4n) is 4.93. The van der Waals surface area contributed by atoms with E-state index in [1.165, 1.54) is 22.6 Å². The monoisotopic (exact) mass is 527 g/mol. The van der Waals surface area contributed by atoms with Crippen molar-refractivity contribution in [3.8, 4) is 11.5 Å². The summed E-state index contributed by atoms with van der Waals surface area (Å²) in [4.78, 5) is 29.0. The molecular formula is C27H33N3O6S. The number of aromatic nitrogens is 1. The molecule has 2 atom stereocenters. The number of H-pyrrole nitrogens is 1. The van der Waals surface area contributed by atoms with Crippen LogP contribution in [0.5, 0.6) is 11.5 Å². The number of hydrogen-bond acceptors (Lipinski definition) is 6. The number of fused-ring (bicyclic) bond motifs is 1. The van der Waals surface area contributed by atoms with Gasteiger partial charge in [0.05, 0.1) is 19.1 Å². The van der Waals surface area contributed by atoms with Crippen LogP contribution in [0, 0.1) is 11.8 Å². The second kappa shape index (κ2) is 10.9. The standard InChI is InChI=1S/C27H33N3O6S/c1-17-11-18(2)16-30(15-17)37(33,34)20-6-7-23-21(13-20)26(31)22(14-29-23)27(32)28-10-9-19-5-8-24(35-3)25(12-19)36-4/h5-8,12-14,17-18H,9-11,15-16H2,1-4H3,(H,28,32)(H,29,31)/t17-,18-/m0/s1. The van der Waals surface area contributed by atoms with Crippen LogP contribution < -0.4 is 20.2 Å². The van der Waals surface area contributed by atoms with E-state index in [4.69, 9.17) is 9.47 Å². The normalized spacial score (nSPS) is 18.5. The van der Waals surface area contributed by atoms with Crippen LogP contribution in [0.1, 0.15) is 36.2 Å². The molecule has 1 aromatic heterocycles. The molecule has 198 valence electrons. The summed E-state index contributed by atoms with van der Waals surface area (Å²) >= 11 is 0. The number of methoxy groups -OCH3 is 2. The molecule has 3 aromatic rings. The maximum atomic E-state index is 13.3. The second-order valence-electron chi connectivity index (χ2n) is 9.70. The van der Waals surface area contributed by atoms with Crippen molar-refractivity contribution < 1.29 is 22.7 Å². The van der Waals surface area contributed by atoms with Crippen LogP contribution in [0.25, 0.3) is 10.9 Å². The van der Waals surface area contributed by atoms with Crippen LogP contribution in [0.3, 0.4) is 0 Å². The Labute approximate surface area is 216 Å². The van der Waals surface area contributed by atoms with E-state index in [9.17, 15) is 18.0 Å². The fraction of sp³-hybridized carbons (Fsp3) is 0.407. The van der Waals surface area contributed by atoms with Gasteiger partial charge in [-0.25, -0.2) is 8.42 Å². The van der Waals surface area contributed by atoms with Crippen LogP contribution >= 0.6 is 0 Å². The number of hydrogen-bond donors (Lipinski definition) is 2. The van der Waals surface area contributed by atoms with Crippen molar-refractivity contribution in [2.75, 3.05) is 33.9 Å². The first-order chi connectivity index (χ1) is 17.6. The molecule has 1 aliphatic heterocycles. The molecule has 0 bridgehead atoms. The third-order valence-electron chi connectivity index (χ3n) is 6.72. The molecule has 2 aromatic carbocycles. The summed E-state index contributed by atoms with van der Waals surface area (Å²) in [5.41, 5.74) is 0.803. The van der Waals surface area contributed by atoms with E-state index >= 15 is 0 Å². The van der Waals surface area contributed by atoms with Crippen molar-refractivity contribution in [1.82, 2.24) is 14.6 Å². The average Bonchev–Trinajstić information content (AvgIpc) is 2.88. The van der Waals surface area contributed by atoms with Gasteiger partial charge in [-0.1, -0.05) is 19.9 Å². The lowest BCUT2D eigenvalue weighted by molar-refractivity contribution is 0.0953. The van der Waals surface area contributed by atoms with Gasteiger partial charge in [0.15, 0.2) is 11.5 Å². The van der Waals surface area contributed by atoms with Crippen molar-refractivity contribution in [3.05, 3.63) is 63.9 Å². The first-order valence-electron chi connectivity index (χ1n) is 12.3. The Hall–Kier alpha value is -3.37. The Morgan fingerprint density at radius 2 is 1.76 bits per heavy atom. The first-order valence-corrected chi connectivity index (χ1v) is 13.7. The third kappa shape index (κ3) is 5.65. The highest BCUT2D eigenvalue weighted by atomic mass is 32.2. The molecule has 0 radical (unpaired) electrons. The predicted octanol–water partition coefficient (Wildman–Crippen LogP) is 3.18. The van der Waals surface area contributed by atoms with Crippen molar-refractivity contribution >= 4 is 26.8 Å². The van der Waals surface area contributed by atoms with Gasteiger partial charge in [-0.2, -0.15) is 4.31 Å². The number of nitrogens with zero attached hydrogens (tertiary/aromatic N) is 1. The molecule has 1 amide bonds. The summed E-state index contributed by atoms with van der Waals surface area (Å²) in [5, 5.41) is 2.93. The minimum atomic E-state index is -3.76. The lowest BCUT2D eigenvalue weighted by Crippen LogP contribution is -2.42. The van der Waals surface area contributed by atoms with Crippen LogP contribution in [0.2, 0.25) is 0 Å². The Balaban J connectivity index is 1.53. The third-order valence-corrected chi connectivity index (χ3v) is 8.54. The molecule has 2 N–H and O–H groups in total. The molecule has 0 aliphatic carbocycles. The Kier molecular flexibility index (Phi) is 7.89. The van der Waals surface area contributed by atoms with Gasteiger partial charge in [-0.05, 0) is 60.6 Å². The summed E-state index contributed by atoms with van der Waals surface area (Å²) in [6.07, 6.45) is 2.86. The summed E-state index contributed by atoms with van der Waals surface area (Å²) in [6.45, 7) is 5.28. The van der Waals surface area contributed by atoms with Gasteiger partial charge in [-0.15, -0.1) is 0 Å². The minimum absolute atomic E-state index is 0.0535. The fourth-order valence-corrected chi connectivity index (χ4v) is 6.64. The second-order valence-corrected chi connectivity index (χ2v) is 11.6. The molecule has 0 unspecified atom stereocenters. The van der Waals surface area contributed by atoms with Gasteiger partial charge in [0.25, 0.3) is 5.91 Å². The lowest BCUT2D eigenvalue weighted by Gasteiger charge is -2.34. The van der Waals surface area contributed by atoms with E-state index in [0.29, 0.717) is 43.1 Å². The number of benzene rings is 2. The zero-order chi connectivity index (χ0) is 26.7. The van der Waals surface area contributed by atoms with Gasteiger partial charge >= 0.3 is 0 Å². The number of piperidine rings is 1. The molecule has 9 nitrogen and oxygen atoms in total. The molecule has 4 rings (SSSR count). The highest BCUT2D eigenvalue weighted by Gasteiger charge is 2.32.